The Bertz CT molecular complexity index is 772. The lowest BCUT2D eigenvalue weighted by atomic mass is 9.95. The predicted octanol–water partition coefficient (Wildman–Crippen LogP) is 8.57. The summed E-state index contributed by atoms with van der Waals surface area (Å²) in [6, 6.07) is 29.9. The highest BCUT2D eigenvalue weighted by Crippen LogP contribution is 2.36. The Hall–Kier alpha value is -2.13. The molecule has 0 heterocycles. The first-order chi connectivity index (χ1) is 13.2. The van der Waals surface area contributed by atoms with Gasteiger partial charge >= 0.3 is 0 Å². The van der Waals surface area contributed by atoms with Crippen LogP contribution in [0.5, 0.6) is 0 Å². The Balaban J connectivity index is 0.000000665. The van der Waals surface area contributed by atoms with Gasteiger partial charge in [-0.3, -0.25) is 0 Å². The van der Waals surface area contributed by atoms with E-state index < -0.39 is 0 Å². The summed E-state index contributed by atoms with van der Waals surface area (Å²) >= 11 is 2.47. The number of benzene rings is 3. The molecule has 0 spiro atoms. The number of allylic oxidation sites excluding steroid dienone is 1. The summed E-state index contributed by atoms with van der Waals surface area (Å²) in [7, 11) is 0. The van der Waals surface area contributed by atoms with E-state index in [0.29, 0.717) is 0 Å². The lowest BCUT2D eigenvalue weighted by Gasteiger charge is -2.13. The fraction of sp³-hybridized carbons (Fsp3) is 0.154. The summed E-state index contributed by atoms with van der Waals surface area (Å²) in [4.78, 5) is 0. The largest absolute Gasteiger partial charge is 0.103 e. The summed E-state index contributed by atoms with van der Waals surface area (Å²) < 4.78 is 1.27. The van der Waals surface area contributed by atoms with Crippen LogP contribution in [0.25, 0.3) is 9.15 Å². The lowest BCUT2D eigenvalue weighted by Crippen LogP contribution is -1.91. The van der Waals surface area contributed by atoms with Crippen LogP contribution < -0.4 is 0 Å². The zero-order valence-electron chi connectivity index (χ0n) is 16.7. The Morgan fingerprint density at radius 1 is 0.704 bits per heavy atom. The molecule has 1 heteroatoms. The topological polar surface area (TPSA) is 0 Å². The van der Waals surface area contributed by atoms with E-state index in [-0.39, 0.29) is 0 Å². The summed E-state index contributed by atoms with van der Waals surface area (Å²) in [5, 5.41) is 0. The highest BCUT2D eigenvalue weighted by Gasteiger charge is 2.11. The van der Waals surface area contributed by atoms with Crippen LogP contribution in [0.2, 0.25) is 0 Å². The Labute approximate surface area is 178 Å². The zero-order chi connectivity index (χ0) is 20.1. The molecule has 0 atom stereocenters. The molecule has 0 saturated heterocycles. The summed E-state index contributed by atoms with van der Waals surface area (Å²) in [6.45, 7) is 11.4. The molecule has 0 amide bonds. The van der Waals surface area contributed by atoms with Crippen LogP contribution in [0.15, 0.2) is 97.6 Å². The van der Waals surface area contributed by atoms with Gasteiger partial charge in [0.25, 0.3) is 0 Å². The molecule has 140 valence electrons. The molecule has 0 bridgehead atoms. The maximum Gasteiger partial charge on any atom is 0.0287 e. The molecule has 0 unspecified atom stereocenters. The molecule has 0 aliphatic heterocycles. The molecule has 3 aromatic carbocycles. The molecule has 0 N–H and O–H groups in total. The smallest absolute Gasteiger partial charge is 0.0287 e. The Morgan fingerprint density at radius 3 is 1.44 bits per heavy atom. The predicted molar refractivity (Wildman–Crippen MR) is 131 cm³/mol. The molecular weight excluding hydrogens is 439 g/mol. The van der Waals surface area contributed by atoms with Gasteiger partial charge < -0.3 is 0 Å². The van der Waals surface area contributed by atoms with Gasteiger partial charge in [-0.25, -0.2) is 0 Å². The van der Waals surface area contributed by atoms with Crippen molar-refractivity contribution in [1.29, 1.82) is 0 Å². The second kappa shape index (κ2) is 13.1. The van der Waals surface area contributed by atoms with E-state index in [4.69, 9.17) is 0 Å². The second-order valence-electron chi connectivity index (χ2n) is 5.70. The fourth-order valence-corrected chi connectivity index (χ4v) is 3.46. The molecule has 0 nitrogen and oxygen atoms in total. The third kappa shape index (κ3) is 7.18. The summed E-state index contributed by atoms with van der Waals surface area (Å²) in [6.07, 6.45) is 1.75. The van der Waals surface area contributed by atoms with E-state index in [1.165, 1.54) is 31.4 Å². The van der Waals surface area contributed by atoms with Crippen molar-refractivity contribution in [3.05, 3.63) is 120 Å². The van der Waals surface area contributed by atoms with E-state index in [2.05, 4.69) is 121 Å². The minimum Gasteiger partial charge on any atom is -0.103 e. The molecule has 0 radical (unpaired) electrons. The van der Waals surface area contributed by atoms with Gasteiger partial charge in [-0.2, -0.15) is 0 Å². The SMILES string of the molecule is C=CC.CC.Cc1ccc(C(I)=C(c2ccccc2)c2ccccc2)cc1. The van der Waals surface area contributed by atoms with Crippen LogP contribution in [0.1, 0.15) is 43.0 Å². The molecule has 27 heavy (non-hydrogen) atoms. The zero-order valence-corrected chi connectivity index (χ0v) is 18.9. The number of hydrogen-bond acceptors (Lipinski definition) is 0. The van der Waals surface area contributed by atoms with E-state index in [0.717, 1.165) is 0 Å². The van der Waals surface area contributed by atoms with Crippen molar-refractivity contribution in [1.82, 2.24) is 0 Å². The van der Waals surface area contributed by atoms with Gasteiger partial charge in [0, 0.05) is 9.15 Å². The van der Waals surface area contributed by atoms with Crippen molar-refractivity contribution >= 4 is 31.7 Å². The van der Waals surface area contributed by atoms with E-state index in [9.17, 15) is 0 Å². The van der Waals surface area contributed by atoms with Crippen LogP contribution in [0.3, 0.4) is 0 Å². The van der Waals surface area contributed by atoms with Crippen molar-refractivity contribution in [2.75, 3.05) is 0 Å². The first-order valence-electron chi connectivity index (χ1n) is 9.32. The maximum absolute atomic E-state index is 3.36. The quantitative estimate of drug-likeness (QED) is 0.205. The Morgan fingerprint density at radius 2 is 1.07 bits per heavy atom. The van der Waals surface area contributed by atoms with Crippen molar-refractivity contribution in [2.24, 2.45) is 0 Å². The molecule has 3 aromatic rings. The minimum absolute atomic E-state index is 1.25. The van der Waals surface area contributed by atoms with E-state index in [1.54, 1.807) is 6.08 Å². The molecule has 3 rings (SSSR count). The third-order valence-corrected chi connectivity index (χ3v) is 4.81. The molecule has 0 aromatic heterocycles. The van der Waals surface area contributed by atoms with Crippen LogP contribution in [0, 0.1) is 6.92 Å². The average Bonchev–Trinajstić information content (AvgIpc) is 2.72. The average molecular weight is 468 g/mol. The Kier molecular flexibility index (Phi) is 11.1. The number of halogens is 1. The normalized spacial score (nSPS) is 9.07. The lowest BCUT2D eigenvalue weighted by molar-refractivity contribution is 1.46. The second-order valence-corrected chi connectivity index (χ2v) is 6.77. The first-order valence-corrected chi connectivity index (χ1v) is 10.4. The van der Waals surface area contributed by atoms with Crippen molar-refractivity contribution in [2.45, 2.75) is 27.7 Å². The van der Waals surface area contributed by atoms with E-state index >= 15 is 0 Å². The minimum atomic E-state index is 1.25. The van der Waals surface area contributed by atoms with Crippen LogP contribution in [-0.2, 0) is 0 Å². The first kappa shape index (κ1) is 22.9. The number of rotatable bonds is 3. The molecule has 0 aliphatic carbocycles. The maximum atomic E-state index is 3.36. The van der Waals surface area contributed by atoms with Crippen LogP contribution in [0.4, 0.5) is 0 Å². The summed E-state index contributed by atoms with van der Waals surface area (Å²) in [5.41, 5.74) is 6.32. The van der Waals surface area contributed by atoms with Crippen molar-refractivity contribution < 1.29 is 0 Å². The van der Waals surface area contributed by atoms with Gasteiger partial charge in [-0.05, 0) is 53.1 Å². The van der Waals surface area contributed by atoms with E-state index in [1.807, 2.05) is 20.8 Å². The van der Waals surface area contributed by atoms with Gasteiger partial charge in [0.05, 0.1) is 0 Å². The molecule has 0 aliphatic rings. The van der Waals surface area contributed by atoms with Gasteiger partial charge in [0.15, 0.2) is 0 Å². The number of hydrogen-bond donors (Lipinski definition) is 0. The summed E-state index contributed by atoms with van der Waals surface area (Å²) in [5.74, 6) is 0. The van der Waals surface area contributed by atoms with Crippen LogP contribution >= 0.6 is 22.6 Å². The molecular formula is C26H29I. The highest BCUT2D eigenvalue weighted by atomic mass is 127. The third-order valence-electron chi connectivity index (χ3n) is 3.65. The van der Waals surface area contributed by atoms with Gasteiger partial charge in [-0.1, -0.05) is 110 Å². The fourth-order valence-electron chi connectivity index (χ4n) is 2.47. The van der Waals surface area contributed by atoms with Crippen molar-refractivity contribution in [3.63, 3.8) is 0 Å². The number of aryl methyl sites for hydroxylation is 1. The van der Waals surface area contributed by atoms with Gasteiger partial charge in [0.1, 0.15) is 0 Å². The highest BCUT2D eigenvalue weighted by molar-refractivity contribution is 14.1. The standard InChI is InChI=1S/C21H17I.C3H6.C2H6/c1-16-12-14-19(15-13-16)21(22)20(17-8-4-2-5-9-17)18-10-6-3-7-11-18;1-3-2;1-2/h2-15H,1H3;3H,1H2,2H3;1-2H3. The van der Waals surface area contributed by atoms with Gasteiger partial charge in [-0.15, -0.1) is 6.58 Å². The molecule has 0 saturated carbocycles. The van der Waals surface area contributed by atoms with Crippen LogP contribution in [-0.4, -0.2) is 0 Å². The molecule has 0 fully saturated rings. The van der Waals surface area contributed by atoms with Crippen molar-refractivity contribution in [3.8, 4) is 0 Å². The monoisotopic (exact) mass is 468 g/mol. The van der Waals surface area contributed by atoms with Gasteiger partial charge in [0.2, 0.25) is 0 Å².